The van der Waals surface area contributed by atoms with Gasteiger partial charge in [-0.25, -0.2) is 8.42 Å². The molecule has 1 fully saturated rings. The van der Waals surface area contributed by atoms with Gasteiger partial charge in [-0.2, -0.15) is 17.5 Å². The highest BCUT2D eigenvalue weighted by Crippen LogP contribution is 2.35. The molecule has 0 unspecified atom stereocenters. The van der Waals surface area contributed by atoms with Crippen LogP contribution < -0.4 is 0 Å². The topological polar surface area (TPSA) is 57.6 Å². The molecular weight excluding hydrogens is 315 g/mol. The fourth-order valence-corrected chi connectivity index (χ4v) is 4.74. The molecule has 1 saturated heterocycles. The van der Waals surface area contributed by atoms with E-state index in [4.69, 9.17) is 5.11 Å². The monoisotopic (exact) mass is 329 g/mol. The molecule has 0 saturated carbocycles. The minimum absolute atomic E-state index is 0.0389. The third-order valence-corrected chi connectivity index (χ3v) is 6.29. The highest BCUT2D eigenvalue weighted by atomic mass is 32.2. The lowest BCUT2D eigenvalue weighted by Crippen LogP contribution is -2.41. The van der Waals surface area contributed by atoms with Gasteiger partial charge in [0, 0.05) is 23.3 Å². The summed E-state index contributed by atoms with van der Waals surface area (Å²) in [6, 6.07) is 1.36. The molecule has 9 heteroatoms. The number of hydrogen-bond donors (Lipinski definition) is 1. The third kappa shape index (κ3) is 3.16. The molecule has 20 heavy (non-hydrogen) atoms. The molecule has 0 aromatic carbocycles. The minimum Gasteiger partial charge on any atom is -0.391 e. The van der Waals surface area contributed by atoms with Crippen molar-refractivity contribution < 1.29 is 26.7 Å². The first-order chi connectivity index (χ1) is 9.25. The van der Waals surface area contributed by atoms with E-state index in [9.17, 15) is 21.6 Å². The lowest BCUT2D eigenvalue weighted by molar-refractivity contribution is -0.182. The second-order valence-corrected chi connectivity index (χ2v) is 7.56. The molecule has 0 radical (unpaired) electrons. The molecule has 1 aromatic rings. The molecule has 1 aliphatic heterocycles. The van der Waals surface area contributed by atoms with Gasteiger partial charge in [0.1, 0.15) is 0 Å². The Kier molecular flexibility index (Phi) is 4.43. The Labute approximate surface area is 118 Å². The van der Waals surface area contributed by atoms with Crippen molar-refractivity contribution in [2.24, 2.45) is 5.92 Å². The second-order valence-electron chi connectivity index (χ2n) is 4.63. The largest absolute Gasteiger partial charge is 0.391 e. The van der Waals surface area contributed by atoms with Gasteiger partial charge >= 0.3 is 6.18 Å². The first-order valence-corrected chi connectivity index (χ1v) is 8.32. The maximum atomic E-state index is 12.5. The Bertz CT molecular complexity index is 560. The van der Waals surface area contributed by atoms with Gasteiger partial charge in [0.25, 0.3) is 0 Å². The first-order valence-electron chi connectivity index (χ1n) is 6.00. The molecule has 114 valence electrons. The van der Waals surface area contributed by atoms with E-state index in [0.29, 0.717) is 4.88 Å². The van der Waals surface area contributed by atoms with E-state index >= 15 is 0 Å². The Morgan fingerprint density at radius 2 is 1.95 bits per heavy atom. The standard InChI is InChI=1S/C11H14F3NO3S2/c12-11(13,14)8-1-3-15(4-2-8)20(17,18)10-5-9(6-16)19-7-10/h5,7-8,16H,1-4,6H2. The number of nitrogens with zero attached hydrogens (tertiary/aromatic N) is 1. The quantitative estimate of drug-likeness (QED) is 0.925. The summed E-state index contributed by atoms with van der Waals surface area (Å²) in [5.74, 6) is -1.43. The lowest BCUT2D eigenvalue weighted by atomic mass is 9.98. The van der Waals surface area contributed by atoms with Crippen LogP contribution in [0, 0.1) is 5.92 Å². The van der Waals surface area contributed by atoms with Crippen molar-refractivity contribution in [1.29, 1.82) is 0 Å². The van der Waals surface area contributed by atoms with Crippen molar-refractivity contribution in [3.63, 3.8) is 0 Å². The van der Waals surface area contributed by atoms with Gasteiger partial charge in [-0.05, 0) is 18.9 Å². The van der Waals surface area contributed by atoms with Crippen molar-refractivity contribution in [2.75, 3.05) is 13.1 Å². The summed E-state index contributed by atoms with van der Waals surface area (Å²) in [4.78, 5) is 0.547. The van der Waals surface area contributed by atoms with Gasteiger partial charge in [0.15, 0.2) is 0 Å². The normalized spacial score (nSPS) is 19.4. The minimum atomic E-state index is -4.26. The van der Waals surface area contributed by atoms with Crippen LogP contribution in [0.25, 0.3) is 0 Å². The third-order valence-electron chi connectivity index (χ3n) is 3.34. The average molecular weight is 329 g/mol. The van der Waals surface area contributed by atoms with Crippen molar-refractivity contribution >= 4 is 21.4 Å². The molecule has 0 bridgehead atoms. The van der Waals surface area contributed by atoms with Crippen LogP contribution in [0.5, 0.6) is 0 Å². The number of sulfonamides is 1. The van der Waals surface area contributed by atoms with Gasteiger partial charge in [-0.3, -0.25) is 0 Å². The second kappa shape index (κ2) is 5.63. The van der Waals surface area contributed by atoms with E-state index in [1.165, 1.54) is 11.4 Å². The van der Waals surface area contributed by atoms with E-state index in [0.717, 1.165) is 15.6 Å². The molecule has 1 N–H and O–H groups in total. The number of aliphatic hydroxyl groups is 1. The Hall–Kier alpha value is -0.640. The fraction of sp³-hybridized carbons (Fsp3) is 0.636. The maximum absolute atomic E-state index is 12.5. The van der Waals surface area contributed by atoms with Gasteiger partial charge < -0.3 is 5.11 Å². The van der Waals surface area contributed by atoms with Gasteiger partial charge in [-0.15, -0.1) is 11.3 Å². The Balaban J connectivity index is 2.09. The summed E-state index contributed by atoms with van der Waals surface area (Å²) in [6.45, 7) is -0.510. The molecule has 2 rings (SSSR count). The van der Waals surface area contributed by atoms with Crippen molar-refractivity contribution in [2.45, 2.75) is 30.5 Å². The van der Waals surface area contributed by atoms with Gasteiger partial charge in [-0.1, -0.05) is 0 Å². The number of alkyl halides is 3. The maximum Gasteiger partial charge on any atom is 0.391 e. The number of halogens is 3. The molecule has 4 nitrogen and oxygen atoms in total. The molecule has 0 aliphatic carbocycles. The zero-order valence-electron chi connectivity index (χ0n) is 10.4. The Morgan fingerprint density at radius 3 is 2.40 bits per heavy atom. The summed E-state index contributed by atoms with van der Waals surface area (Å²) in [6.07, 6.45) is -4.68. The predicted molar refractivity (Wildman–Crippen MR) is 67.8 cm³/mol. The molecule has 0 amide bonds. The van der Waals surface area contributed by atoms with Crippen LogP contribution in [-0.2, 0) is 16.6 Å². The van der Waals surface area contributed by atoms with E-state index in [-0.39, 0.29) is 37.4 Å². The molecule has 1 aliphatic rings. The summed E-state index contributed by atoms with van der Waals surface area (Å²) < 4.78 is 63.2. The van der Waals surface area contributed by atoms with Crippen LogP contribution in [-0.4, -0.2) is 37.1 Å². The van der Waals surface area contributed by atoms with Crippen LogP contribution in [0.15, 0.2) is 16.3 Å². The smallest absolute Gasteiger partial charge is 0.391 e. The number of aliphatic hydroxyl groups excluding tert-OH is 1. The van der Waals surface area contributed by atoms with Crippen LogP contribution in [0.3, 0.4) is 0 Å². The highest BCUT2D eigenvalue weighted by molar-refractivity contribution is 7.89. The summed E-state index contributed by atoms with van der Waals surface area (Å²) in [5, 5.41) is 10.3. The van der Waals surface area contributed by atoms with Crippen LogP contribution in [0.2, 0.25) is 0 Å². The zero-order chi connectivity index (χ0) is 15.0. The number of piperidine rings is 1. The predicted octanol–water partition coefficient (Wildman–Crippen LogP) is 2.20. The zero-order valence-corrected chi connectivity index (χ0v) is 12.1. The highest BCUT2D eigenvalue weighted by Gasteiger charge is 2.43. The van der Waals surface area contributed by atoms with Gasteiger partial charge in [0.05, 0.1) is 17.4 Å². The SMILES string of the molecule is O=S(=O)(c1csc(CO)c1)N1CCC(C(F)(F)F)CC1. The summed E-state index contributed by atoms with van der Waals surface area (Å²) >= 11 is 1.11. The fourth-order valence-electron chi connectivity index (χ4n) is 2.15. The van der Waals surface area contributed by atoms with Crippen LogP contribution >= 0.6 is 11.3 Å². The number of hydrogen-bond acceptors (Lipinski definition) is 4. The van der Waals surface area contributed by atoms with E-state index in [1.807, 2.05) is 0 Å². The molecule has 0 atom stereocenters. The van der Waals surface area contributed by atoms with Crippen LogP contribution in [0.1, 0.15) is 17.7 Å². The molecule has 1 aromatic heterocycles. The summed E-state index contributed by atoms with van der Waals surface area (Å²) in [7, 11) is -3.75. The van der Waals surface area contributed by atoms with Crippen molar-refractivity contribution in [3.05, 3.63) is 16.3 Å². The van der Waals surface area contributed by atoms with E-state index in [1.54, 1.807) is 0 Å². The van der Waals surface area contributed by atoms with Crippen molar-refractivity contribution in [1.82, 2.24) is 4.31 Å². The number of rotatable bonds is 3. The molecule has 2 heterocycles. The first kappa shape index (κ1) is 15.7. The van der Waals surface area contributed by atoms with Gasteiger partial charge in [0.2, 0.25) is 10.0 Å². The van der Waals surface area contributed by atoms with Crippen LogP contribution in [0.4, 0.5) is 13.2 Å². The number of thiophene rings is 1. The molecule has 0 spiro atoms. The molecular formula is C11H14F3NO3S2. The van der Waals surface area contributed by atoms with E-state index < -0.39 is 22.1 Å². The van der Waals surface area contributed by atoms with E-state index in [2.05, 4.69) is 0 Å². The van der Waals surface area contributed by atoms with Crippen molar-refractivity contribution in [3.8, 4) is 0 Å². The lowest BCUT2D eigenvalue weighted by Gasteiger charge is -2.31. The Morgan fingerprint density at radius 1 is 1.35 bits per heavy atom. The summed E-state index contributed by atoms with van der Waals surface area (Å²) in [5.41, 5.74) is 0. The average Bonchev–Trinajstić information content (AvgIpc) is 2.87.